The summed E-state index contributed by atoms with van der Waals surface area (Å²) in [5, 5.41) is 16.2. The maximum atomic E-state index is 13.0. The summed E-state index contributed by atoms with van der Waals surface area (Å²) in [5.74, 6) is -0.649. The number of nitrogens with zero attached hydrogens (tertiary/aromatic N) is 1. The molecule has 3 N–H and O–H groups in total. The number of nitrogens with one attached hydrogen (secondary N) is 2. The second-order valence-electron chi connectivity index (χ2n) is 7.81. The monoisotopic (exact) mass is 423 g/mol. The SMILES string of the molecule is CC(=NCCNC(=O)OC(C)(C)C)/C(C(=O)Nc1ccccc1)=C(/O)c1ccccc1. The molecule has 2 aromatic carbocycles. The van der Waals surface area contributed by atoms with Gasteiger partial charge in [0.2, 0.25) is 0 Å². The molecule has 0 bridgehead atoms. The molecule has 2 aromatic rings. The Hall–Kier alpha value is -3.61. The van der Waals surface area contributed by atoms with Gasteiger partial charge in [-0.1, -0.05) is 48.5 Å². The molecule has 2 rings (SSSR count). The number of carbonyl (C=O) groups excluding carboxylic acids is 2. The van der Waals surface area contributed by atoms with Crippen LogP contribution in [0.3, 0.4) is 0 Å². The molecule has 164 valence electrons. The van der Waals surface area contributed by atoms with Gasteiger partial charge in [-0.15, -0.1) is 0 Å². The average molecular weight is 424 g/mol. The van der Waals surface area contributed by atoms with Crippen molar-refractivity contribution in [2.24, 2.45) is 4.99 Å². The van der Waals surface area contributed by atoms with E-state index in [9.17, 15) is 14.7 Å². The molecule has 0 radical (unpaired) electrons. The Labute approximate surface area is 182 Å². The third kappa shape index (κ3) is 7.97. The van der Waals surface area contributed by atoms with Gasteiger partial charge in [-0.25, -0.2) is 4.79 Å². The highest BCUT2D eigenvalue weighted by molar-refractivity contribution is 6.28. The van der Waals surface area contributed by atoms with E-state index >= 15 is 0 Å². The fourth-order valence-corrected chi connectivity index (χ4v) is 2.67. The normalized spacial score (nSPS) is 12.6. The van der Waals surface area contributed by atoms with Crippen LogP contribution in [0.25, 0.3) is 5.76 Å². The van der Waals surface area contributed by atoms with Gasteiger partial charge in [0.05, 0.1) is 6.54 Å². The first-order chi connectivity index (χ1) is 14.7. The van der Waals surface area contributed by atoms with E-state index in [2.05, 4.69) is 15.6 Å². The van der Waals surface area contributed by atoms with Crippen LogP contribution < -0.4 is 10.6 Å². The summed E-state index contributed by atoms with van der Waals surface area (Å²) in [6.07, 6.45) is -0.537. The number of anilines is 1. The predicted molar refractivity (Wildman–Crippen MR) is 123 cm³/mol. The maximum Gasteiger partial charge on any atom is 0.407 e. The quantitative estimate of drug-likeness (QED) is 0.263. The molecule has 0 aliphatic heterocycles. The molecule has 7 heteroatoms. The Morgan fingerprint density at radius 1 is 1.00 bits per heavy atom. The minimum atomic E-state index is -0.587. The number of alkyl carbamates (subject to hydrolysis) is 1. The number of hydrogen-bond donors (Lipinski definition) is 3. The number of hydrogen-bond acceptors (Lipinski definition) is 5. The molecule has 0 aliphatic carbocycles. The van der Waals surface area contributed by atoms with Gasteiger partial charge in [0.1, 0.15) is 16.9 Å². The standard InChI is InChI=1S/C24H29N3O4/c1-17(25-15-16-26-23(30)31-24(2,3)4)20(21(28)18-11-7-5-8-12-18)22(29)27-19-13-9-6-10-14-19/h5-14,28H,15-16H2,1-4H3,(H,26,30)(H,27,29)/b21-20-,25-17?. The van der Waals surface area contributed by atoms with Crippen LogP contribution in [0.4, 0.5) is 10.5 Å². The molecule has 0 unspecified atom stereocenters. The molecule has 0 aromatic heterocycles. The summed E-state index contributed by atoms with van der Waals surface area (Å²) < 4.78 is 5.18. The molecular formula is C24H29N3O4. The average Bonchev–Trinajstić information content (AvgIpc) is 2.71. The third-order valence-electron chi connectivity index (χ3n) is 4.03. The van der Waals surface area contributed by atoms with Crippen LogP contribution in [0.2, 0.25) is 0 Å². The van der Waals surface area contributed by atoms with Crippen LogP contribution in [0.5, 0.6) is 0 Å². The zero-order chi connectivity index (χ0) is 22.9. The van der Waals surface area contributed by atoms with Crippen molar-refractivity contribution < 1.29 is 19.4 Å². The lowest BCUT2D eigenvalue weighted by Gasteiger charge is -2.19. The number of ether oxygens (including phenoxy) is 1. The van der Waals surface area contributed by atoms with Crippen molar-refractivity contribution >= 4 is 29.2 Å². The fraction of sp³-hybridized carbons (Fsp3) is 0.292. The zero-order valence-corrected chi connectivity index (χ0v) is 18.3. The van der Waals surface area contributed by atoms with E-state index in [0.717, 1.165) is 0 Å². The Morgan fingerprint density at radius 2 is 1.58 bits per heavy atom. The lowest BCUT2D eigenvalue weighted by molar-refractivity contribution is -0.112. The number of benzene rings is 2. The second kappa shape index (κ2) is 11.0. The van der Waals surface area contributed by atoms with Crippen LogP contribution >= 0.6 is 0 Å². The minimum absolute atomic E-state index is 0.0623. The molecule has 7 nitrogen and oxygen atoms in total. The van der Waals surface area contributed by atoms with Gasteiger partial charge >= 0.3 is 6.09 Å². The molecular weight excluding hydrogens is 394 g/mol. The van der Waals surface area contributed by atoms with Crippen molar-refractivity contribution in [2.45, 2.75) is 33.3 Å². The summed E-state index contributed by atoms with van der Waals surface area (Å²) in [4.78, 5) is 29.1. The smallest absolute Gasteiger partial charge is 0.407 e. The van der Waals surface area contributed by atoms with Gasteiger partial charge in [0, 0.05) is 23.5 Å². The highest BCUT2D eigenvalue weighted by Crippen LogP contribution is 2.19. The van der Waals surface area contributed by atoms with E-state index in [-0.39, 0.29) is 24.4 Å². The maximum absolute atomic E-state index is 13.0. The molecule has 0 saturated carbocycles. The Kier molecular flexibility index (Phi) is 8.37. The van der Waals surface area contributed by atoms with E-state index in [1.807, 2.05) is 12.1 Å². The van der Waals surface area contributed by atoms with Crippen molar-refractivity contribution in [3.63, 3.8) is 0 Å². The number of aliphatic hydroxyl groups is 1. The third-order valence-corrected chi connectivity index (χ3v) is 4.03. The Balaban J connectivity index is 2.18. The van der Waals surface area contributed by atoms with Gasteiger partial charge in [-0.3, -0.25) is 9.79 Å². The molecule has 0 aliphatic rings. The minimum Gasteiger partial charge on any atom is -0.506 e. The van der Waals surface area contributed by atoms with Crippen LogP contribution in [0.15, 0.2) is 71.2 Å². The number of amides is 2. The van der Waals surface area contributed by atoms with E-state index in [1.165, 1.54) is 0 Å². The van der Waals surface area contributed by atoms with E-state index in [4.69, 9.17) is 4.74 Å². The summed E-state index contributed by atoms with van der Waals surface area (Å²) in [5.41, 5.74) is 0.927. The van der Waals surface area contributed by atoms with Crippen molar-refractivity contribution in [1.82, 2.24) is 5.32 Å². The molecule has 0 saturated heterocycles. The Morgan fingerprint density at radius 3 is 2.16 bits per heavy atom. The molecule has 2 amide bonds. The van der Waals surface area contributed by atoms with Gasteiger partial charge in [0.25, 0.3) is 5.91 Å². The van der Waals surface area contributed by atoms with Crippen LogP contribution in [-0.4, -0.2) is 41.5 Å². The molecule has 0 spiro atoms. The van der Waals surface area contributed by atoms with E-state index < -0.39 is 17.6 Å². The number of aliphatic imine (C=N–C) groups is 1. The largest absolute Gasteiger partial charge is 0.506 e. The Bertz CT molecular complexity index is 946. The molecule has 0 fully saturated rings. The first kappa shape index (κ1) is 23.7. The fourth-order valence-electron chi connectivity index (χ4n) is 2.67. The van der Waals surface area contributed by atoms with Gasteiger partial charge in [0.15, 0.2) is 0 Å². The number of para-hydroxylation sites is 1. The highest BCUT2D eigenvalue weighted by Gasteiger charge is 2.20. The van der Waals surface area contributed by atoms with Crippen molar-refractivity contribution in [2.75, 3.05) is 18.4 Å². The van der Waals surface area contributed by atoms with E-state index in [0.29, 0.717) is 17.0 Å². The topological polar surface area (TPSA) is 100 Å². The molecule has 0 heterocycles. The second-order valence-corrected chi connectivity index (χ2v) is 7.81. The summed E-state index contributed by atoms with van der Waals surface area (Å²) in [6.45, 7) is 7.44. The first-order valence-corrected chi connectivity index (χ1v) is 10.0. The van der Waals surface area contributed by atoms with Gasteiger partial charge in [-0.05, 0) is 39.8 Å². The lowest BCUT2D eigenvalue weighted by Crippen LogP contribution is -2.33. The lowest BCUT2D eigenvalue weighted by atomic mass is 10.0. The highest BCUT2D eigenvalue weighted by atomic mass is 16.6. The number of aliphatic hydroxyl groups excluding tert-OH is 1. The van der Waals surface area contributed by atoms with E-state index in [1.54, 1.807) is 76.2 Å². The first-order valence-electron chi connectivity index (χ1n) is 10.0. The van der Waals surface area contributed by atoms with Gasteiger partial charge in [-0.2, -0.15) is 0 Å². The van der Waals surface area contributed by atoms with Crippen LogP contribution in [-0.2, 0) is 9.53 Å². The summed E-state index contributed by atoms with van der Waals surface area (Å²) in [7, 11) is 0. The summed E-state index contributed by atoms with van der Waals surface area (Å²) in [6, 6.07) is 17.8. The zero-order valence-electron chi connectivity index (χ0n) is 18.3. The summed E-state index contributed by atoms with van der Waals surface area (Å²) >= 11 is 0. The van der Waals surface area contributed by atoms with Crippen molar-refractivity contribution in [3.05, 3.63) is 71.8 Å². The number of carbonyl (C=O) groups is 2. The van der Waals surface area contributed by atoms with Crippen LogP contribution in [0, 0.1) is 0 Å². The van der Waals surface area contributed by atoms with Crippen LogP contribution in [0.1, 0.15) is 33.3 Å². The van der Waals surface area contributed by atoms with Crippen molar-refractivity contribution in [3.8, 4) is 0 Å². The molecule has 31 heavy (non-hydrogen) atoms. The predicted octanol–water partition coefficient (Wildman–Crippen LogP) is 4.58. The number of rotatable bonds is 7. The molecule has 0 atom stereocenters. The van der Waals surface area contributed by atoms with Crippen molar-refractivity contribution in [1.29, 1.82) is 0 Å². The van der Waals surface area contributed by atoms with Gasteiger partial charge < -0.3 is 20.5 Å².